The van der Waals surface area contributed by atoms with Crippen LogP contribution in [0.5, 0.6) is 0 Å². The monoisotopic (exact) mass is 161 g/mol. The van der Waals surface area contributed by atoms with Crippen LogP contribution in [0.2, 0.25) is 0 Å². The first-order valence-electron chi connectivity index (χ1n) is 2.97. The molecule has 0 fully saturated rings. The highest BCUT2D eigenvalue weighted by Crippen LogP contribution is 2.21. The van der Waals surface area contributed by atoms with Crippen LogP contribution in [0.3, 0.4) is 0 Å². The van der Waals surface area contributed by atoms with E-state index in [2.05, 4.69) is 0 Å². The molecule has 11 heavy (non-hydrogen) atoms. The molecule has 0 aromatic rings. The van der Waals surface area contributed by atoms with E-state index in [0.29, 0.717) is 6.08 Å². The number of hydrogen-bond acceptors (Lipinski definition) is 2. The van der Waals surface area contributed by atoms with Crippen LogP contribution in [0, 0.1) is 10.1 Å². The SMILES string of the molecule is O=[N+]([O-])[C@@H]1CC=C(F)C=C1F. The Bertz CT molecular complexity index is 247. The van der Waals surface area contributed by atoms with Gasteiger partial charge < -0.3 is 0 Å². The van der Waals surface area contributed by atoms with Crippen LogP contribution in [0.4, 0.5) is 8.78 Å². The van der Waals surface area contributed by atoms with Crippen LogP contribution in [0.25, 0.3) is 0 Å². The normalized spacial score (nSPS) is 24.0. The van der Waals surface area contributed by atoms with Crippen LogP contribution < -0.4 is 0 Å². The van der Waals surface area contributed by atoms with Crippen molar-refractivity contribution in [3.8, 4) is 0 Å². The smallest absolute Gasteiger partial charge is 0.264 e. The Kier molecular flexibility index (Phi) is 1.98. The first-order valence-corrected chi connectivity index (χ1v) is 2.97. The number of allylic oxidation sites excluding steroid dienone is 2. The molecule has 0 spiro atoms. The van der Waals surface area contributed by atoms with Crippen molar-refractivity contribution in [1.29, 1.82) is 0 Å². The summed E-state index contributed by atoms with van der Waals surface area (Å²) in [5, 5.41) is 10.0. The standard InChI is InChI=1S/C6H5F2NO2/c7-4-1-2-6(9(10)11)5(8)3-4/h1,3,6H,2H2/t6-/m1/s1. The Morgan fingerprint density at radius 2 is 2.27 bits per heavy atom. The van der Waals surface area contributed by atoms with Gasteiger partial charge in [0.15, 0.2) is 5.83 Å². The second-order valence-corrected chi connectivity index (χ2v) is 2.16. The van der Waals surface area contributed by atoms with Crippen molar-refractivity contribution in [2.45, 2.75) is 12.5 Å². The Labute approximate surface area is 61.2 Å². The third-order valence-electron chi connectivity index (χ3n) is 1.38. The minimum Gasteiger partial charge on any atom is -0.264 e. The predicted octanol–water partition coefficient (Wildman–Crippen LogP) is 1.74. The van der Waals surface area contributed by atoms with E-state index in [1.165, 1.54) is 0 Å². The van der Waals surface area contributed by atoms with Crippen molar-refractivity contribution in [2.75, 3.05) is 0 Å². The van der Waals surface area contributed by atoms with Gasteiger partial charge in [-0.25, -0.2) is 8.78 Å². The molecule has 0 saturated carbocycles. The molecule has 3 nitrogen and oxygen atoms in total. The van der Waals surface area contributed by atoms with Gasteiger partial charge >= 0.3 is 0 Å². The van der Waals surface area contributed by atoms with Crippen LogP contribution in [-0.2, 0) is 0 Å². The topological polar surface area (TPSA) is 43.1 Å². The zero-order chi connectivity index (χ0) is 8.43. The number of nitrogens with zero attached hydrogens (tertiary/aromatic N) is 1. The summed E-state index contributed by atoms with van der Waals surface area (Å²) < 4.78 is 24.7. The van der Waals surface area contributed by atoms with Crippen LogP contribution in [0.15, 0.2) is 23.8 Å². The number of hydrogen-bond donors (Lipinski definition) is 0. The fraction of sp³-hybridized carbons (Fsp3) is 0.333. The van der Waals surface area contributed by atoms with E-state index in [4.69, 9.17) is 0 Å². The van der Waals surface area contributed by atoms with E-state index in [1.54, 1.807) is 0 Å². The Morgan fingerprint density at radius 1 is 1.64 bits per heavy atom. The maximum atomic E-state index is 12.5. The lowest BCUT2D eigenvalue weighted by molar-refractivity contribution is -0.514. The molecule has 1 rings (SSSR count). The van der Waals surface area contributed by atoms with Gasteiger partial charge in [-0.05, 0) is 6.08 Å². The van der Waals surface area contributed by atoms with E-state index < -0.39 is 22.6 Å². The van der Waals surface area contributed by atoms with Crippen molar-refractivity contribution in [3.05, 3.63) is 33.9 Å². The summed E-state index contributed by atoms with van der Waals surface area (Å²) >= 11 is 0. The molecule has 5 heteroatoms. The first-order chi connectivity index (χ1) is 5.11. The molecule has 60 valence electrons. The Hall–Kier alpha value is -1.26. The lowest BCUT2D eigenvalue weighted by Gasteiger charge is -2.07. The highest BCUT2D eigenvalue weighted by atomic mass is 19.1. The van der Waals surface area contributed by atoms with E-state index in [0.717, 1.165) is 6.08 Å². The number of halogens is 2. The molecule has 0 bridgehead atoms. The van der Waals surface area contributed by atoms with Crippen molar-refractivity contribution >= 4 is 0 Å². The van der Waals surface area contributed by atoms with Gasteiger partial charge in [0, 0.05) is 17.4 Å². The van der Waals surface area contributed by atoms with Gasteiger partial charge in [-0.1, -0.05) is 0 Å². The molecule has 0 aromatic heterocycles. The molecule has 0 heterocycles. The molecular weight excluding hydrogens is 156 g/mol. The quantitative estimate of drug-likeness (QED) is 0.434. The first kappa shape index (κ1) is 7.84. The third-order valence-corrected chi connectivity index (χ3v) is 1.38. The zero-order valence-corrected chi connectivity index (χ0v) is 5.46. The second kappa shape index (κ2) is 2.77. The minimum absolute atomic E-state index is 0.207. The van der Waals surface area contributed by atoms with Gasteiger partial charge in [-0.2, -0.15) is 0 Å². The maximum absolute atomic E-state index is 12.5. The highest BCUT2D eigenvalue weighted by Gasteiger charge is 2.27. The second-order valence-electron chi connectivity index (χ2n) is 2.16. The lowest BCUT2D eigenvalue weighted by atomic mass is 10.1. The molecule has 0 aliphatic heterocycles. The third kappa shape index (κ3) is 1.60. The van der Waals surface area contributed by atoms with Crippen molar-refractivity contribution in [1.82, 2.24) is 0 Å². The fourth-order valence-corrected chi connectivity index (χ4v) is 0.810. The van der Waals surface area contributed by atoms with E-state index in [1.807, 2.05) is 0 Å². The average molecular weight is 161 g/mol. The molecule has 0 aromatic carbocycles. The summed E-state index contributed by atoms with van der Waals surface area (Å²) in [6, 6.07) is -1.39. The minimum atomic E-state index is -1.39. The molecule has 0 saturated heterocycles. The van der Waals surface area contributed by atoms with Crippen LogP contribution in [0.1, 0.15) is 6.42 Å². The summed E-state index contributed by atoms with van der Waals surface area (Å²) in [7, 11) is 0. The lowest BCUT2D eigenvalue weighted by Crippen LogP contribution is -2.21. The van der Waals surface area contributed by atoms with Gasteiger partial charge in [0.25, 0.3) is 6.04 Å². The van der Waals surface area contributed by atoms with Crippen molar-refractivity contribution < 1.29 is 13.7 Å². The van der Waals surface area contributed by atoms with Gasteiger partial charge in [0.05, 0.1) is 0 Å². The van der Waals surface area contributed by atoms with Gasteiger partial charge in [0.2, 0.25) is 0 Å². The Morgan fingerprint density at radius 3 is 2.73 bits per heavy atom. The summed E-state index contributed by atoms with van der Waals surface area (Å²) in [5.41, 5.74) is 0. The molecular formula is C6H5F2NO2. The molecule has 1 aliphatic rings. The zero-order valence-electron chi connectivity index (χ0n) is 5.46. The summed E-state index contributed by atoms with van der Waals surface area (Å²) in [6.45, 7) is 0. The molecule has 1 aliphatic carbocycles. The van der Waals surface area contributed by atoms with E-state index in [-0.39, 0.29) is 6.42 Å². The fourth-order valence-electron chi connectivity index (χ4n) is 0.810. The summed E-state index contributed by atoms with van der Waals surface area (Å²) in [5.74, 6) is -1.77. The highest BCUT2D eigenvalue weighted by molar-refractivity contribution is 5.22. The van der Waals surface area contributed by atoms with Crippen LogP contribution in [-0.4, -0.2) is 11.0 Å². The molecule has 0 amide bonds. The largest absolute Gasteiger partial charge is 0.267 e. The number of nitro groups is 1. The van der Waals surface area contributed by atoms with Gasteiger partial charge in [-0.3, -0.25) is 10.1 Å². The predicted molar refractivity (Wildman–Crippen MR) is 33.8 cm³/mol. The molecule has 1 atom stereocenters. The maximum Gasteiger partial charge on any atom is 0.267 e. The van der Waals surface area contributed by atoms with Gasteiger partial charge in [0.1, 0.15) is 5.83 Å². The van der Waals surface area contributed by atoms with E-state index >= 15 is 0 Å². The van der Waals surface area contributed by atoms with Crippen molar-refractivity contribution in [3.63, 3.8) is 0 Å². The Balaban J connectivity index is 2.80. The van der Waals surface area contributed by atoms with Crippen molar-refractivity contribution in [2.24, 2.45) is 0 Å². The summed E-state index contributed by atoms with van der Waals surface area (Å²) in [4.78, 5) is 9.28. The molecule has 0 unspecified atom stereocenters. The molecule has 0 N–H and O–H groups in total. The van der Waals surface area contributed by atoms with Crippen LogP contribution >= 0.6 is 0 Å². The summed E-state index contributed by atoms with van der Waals surface area (Å²) in [6.07, 6.45) is 1.33. The van der Waals surface area contributed by atoms with Gasteiger partial charge in [-0.15, -0.1) is 0 Å². The van der Waals surface area contributed by atoms with E-state index in [9.17, 15) is 18.9 Å². The number of rotatable bonds is 1. The average Bonchev–Trinajstić information content (AvgIpc) is 1.85. The molecule has 0 radical (unpaired) electrons.